The summed E-state index contributed by atoms with van der Waals surface area (Å²) in [6, 6.07) is 15.8. The number of rotatable bonds is 3. The van der Waals surface area contributed by atoms with E-state index in [2.05, 4.69) is 26.2 Å². The lowest BCUT2D eigenvalue weighted by molar-refractivity contribution is 0.103. The van der Waals surface area contributed by atoms with Crippen molar-refractivity contribution in [2.45, 2.75) is 0 Å². The molecule has 1 amide bonds. The van der Waals surface area contributed by atoms with E-state index in [0.717, 1.165) is 4.47 Å². The Balaban J connectivity index is 1.62. The first kappa shape index (κ1) is 16.7. The highest BCUT2D eigenvalue weighted by molar-refractivity contribution is 9.10. The summed E-state index contributed by atoms with van der Waals surface area (Å²) in [6.45, 7) is 0. The van der Waals surface area contributed by atoms with E-state index in [0.29, 0.717) is 27.0 Å². The summed E-state index contributed by atoms with van der Waals surface area (Å²) < 4.78 is 6.13. The van der Waals surface area contributed by atoms with Crippen LogP contribution < -0.4 is 10.9 Å². The monoisotopic (exact) mass is 426 g/mol. The van der Waals surface area contributed by atoms with Gasteiger partial charge in [0.2, 0.25) is 5.89 Å². The van der Waals surface area contributed by atoms with E-state index < -0.39 is 5.63 Å². The van der Waals surface area contributed by atoms with Crippen molar-refractivity contribution in [2.24, 2.45) is 0 Å². The molecule has 128 valence electrons. The number of hydrogen-bond donors (Lipinski definition) is 1. The maximum absolute atomic E-state index is 12.2. The van der Waals surface area contributed by atoms with Crippen molar-refractivity contribution >= 4 is 49.8 Å². The van der Waals surface area contributed by atoms with E-state index in [-0.39, 0.29) is 11.8 Å². The molecule has 26 heavy (non-hydrogen) atoms. The Morgan fingerprint density at radius 1 is 1.12 bits per heavy atom. The molecule has 5 nitrogen and oxygen atoms in total. The second kappa shape index (κ2) is 6.86. The van der Waals surface area contributed by atoms with Gasteiger partial charge in [0.05, 0.1) is 15.8 Å². The molecule has 2 aromatic heterocycles. The number of halogens is 1. The van der Waals surface area contributed by atoms with Crippen molar-refractivity contribution in [1.82, 2.24) is 4.98 Å². The molecule has 1 N–H and O–H groups in total. The number of benzene rings is 2. The average molecular weight is 427 g/mol. The molecule has 0 fully saturated rings. The normalized spacial score (nSPS) is 10.8. The molecule has 0 radical (unpaired) electrons. The van der Waals surface area contributed by atoms with Crippen LogP contribution in [0, 0.1) is 0 Å². The standard InChI is InChI=1S/C19H11BrN2O3S/c20-12-5-8-15-14(10-12)19(24)25-18(22-15)11-3-6-13(7-4-11)21-17(23)16-2-1-9-26-16/h1-10H,(H,21,23). The third-order valence-electron chi connectivity index (χ3n) is 3.72. The molecule has 2 aromatic carbocycles. The Hall–Kier alpha value is -2.77. The number of carbonyl (C=O) groups excluding carboxylic acids is 1. The Morgan fingerprint density at radius 3 is 2.65 bits per heavy atom. The van der Waals surface area contributed by atoms with E-state index >= 15 is 0 Å². The van der Waals surface area contributed by atoms with Crippen LogP contribution in [-0.2, 0) is 0 Å². The first-order valence-electron chi connectivity index (χ1n) is 7.66. The van der Waals surface area contributed by atoms with Gasteiger partial charge in [-0.05, 0) is 53.9 Å². The molecule has 4 rings (SSSR count). The van der Waals surface area contributed by atoms with E-state index in [1.807, 2.05) is 17.5 Å². The predicted molar refractivity (Wildman–Crippen MR) is 106 cm³/mol. The fourth-order valence-electron chi connectivity index (χ4n) is 2.46. The highest BCUT2D eigenvalue weighted by atomic mass is 79.9. The van der Waals surface area contributed by atoms with Gasteiger partial charge in [-0.25, -0.2) is 9.78 Å². The second-order valence-electron chi connectivity index (χ2n) is 5.48. The topological polar surface area (TPSA) is 72.2 Å². The number of aromatic nitrogens is 1. The first-order chi connectivity index (χ1) is 12.6. The van der Waals surface area contributed by atoms with Gasteiger partial charge >= 0.3 is 5.63 Å². The minimum atomic E-state index is -0.443. The van der Waals surface area contributed by atoms with Crippen LogP contribution in [0.2, 0.25) is 0 Å². The molecule has 4 aromatic rings. The van der Waals surface area contributed by atoms with E-state index in [1.54, 1.807) is 42.5 Å². The molecular formula is C19H11BrN2O3S. The third-order valence-corrected chi connectivity index (χ3v) is 5.09. The fourth-order valence-corrected chi connectivity index (χ4v) is 3.44. The number of amides is 1. The van der Waals surface area contributed by atoms with Crippen LogP contribution in [0.3, 0.4) is 0 Å². The van der Waals surface area contributed by atoms with Gasteiger partial charge in [0.15, 0.2) is 0 Å². The van der Waals surface area contributed by atoms with E-state index in [4.69, 9.17) is 4.42 Å². The molecular weight excluding hydrogens is 416 g/mol. The Morgan fingerprint density at radius 2 is 1.92 bits per heavy atom. The first-order valence-corrected chi connectivity index (χ1v) is 9.33. The summed E-state index contributed by atoms with van der Waals surface area (Å²) in [6.07, 6.45) is 0. The van der Waals surface area contributed by atoms with Crippen LogP contribution in [0.1, 0.15) is 9.67 Å². The number of carbonyl (C=O) groups is 1. The number of nitrogens with one attached hydrogen (secondary N) is 1. The maximum atomic E-state index is 12.2. The smallest absolute Gasteiger partial charge is 0.347 e. The molecule has 0 aliphatic heterocycles. The zero-order valence-corrected chi connectivity index (χ0v) is 15.6. The van der Waals surface area contributed by atoms with Gasteiger partial charge in [0.1, 0.15) is 0 Å². The summed E-state index contributed by atoms with van der Waals surface area (Å²) in [5, 5.41) is 5.09. The third kappa shape index (κ3) is 3.31. The summed E-state index contributed by atoms with van der Waals surface area (Å²) in [4.78, 5) is 29.3. The second-order valence-corrected chi connectivity index (χ2v) is 7.34. The number of nitrogens with zero attached hydrogens (tertiary/aromatic N) is 1. The molecule has 0 atom stereocenters. The van der Waals surface area contributed by atoms with Gasteiger partial charge in [-0.1, -0.05) is 22.0 Å². The zero-order valence-electron chi connectivity index (χ0n) is 13.2. The Kier molecular flexibility index (Phi) is 4.40. The van der Waals surface area contributed by atoms with Gasteiger partial charge in [0, 0.05) is 15.7 Å². The highest BCUT2D eigenvalue weighted by Gasteiger charge is 2.10. The van der Waals surface area contributed by atoms with Crippen molar-refractivity contribution in [1.29, 1.82) is 0 Å². The van der Waals surface area contributed by atoms with Crippen LogP contribution in [-0.4, -0.2) is 10.9 Å². The van der Waals surface area contributed by atoms with Gasteiger partial charge < -0.3 is 9.73 Å². The molecule has 0 spiro atoms. The lowest BCUT2D eigenvalue weighted by Gasteiger charge is -2.05. The summed E-state index contributed by atoms with van der Waals surface area (Å²) in [7, 11) is 0. The lowest BCUT2D eigenvalue weighted by Crippen LogP contribution is -2.09. The molecule has 0 saturated carbocycles. The van der Waals surface area contributed by atoms with E-state index in [1.165, 1.54) is 11.3 Å². The minimum absolute atomic E-state index is 0.159. The number of thiophene rings is 1. The molecule has 0 saturated heterocycles. The van der Waals surface area contributed by atoms with Gasteiger partial charge in [0.25, 0.3) is 5.91 Å². The van der Waals surface area contributed by atoms with Crippen LogP contribution in [0.5, 0.6) is 0 Å². The fraction of sp³-hybridized carbons (Fsp3) is 0. The van der Waals surface area contributed by atoms with Crippen molar-refractivity contribution < 1.29 is 9.21 Å². The minimum Gasteiger partial charge on any atom is -0.403 e. The predicted octanol–water partition coefficient (Wildman–Crippen LogP) is 4.93. The van der Waals surface area contributed by atoms with Crippen LogP contribution in [0.25, 0.3) is 22.4 Å². The molecule has 0 aliphatic rings. The quantitative estimate of drug-likeness (QED) is 0.503. The number of fused-ring (bicyclic) bond motifs is 1. The van der Waals surface area contributed by atoms with Gasteiger partial charge in [-0.3, -0.25) is 4.79 Å². The zero-order chi connectivity index (χ0) is 18.1. The molecule has 2 heterocycles. The Labute approximate surface area is 160 Å². The SMILES string of the molecule is O=C(Nc1ccc(-c2nc3ccc(Br)cc3c(=O)o2)cc1)c1cccs1. The van der Waals surface area contributed by atoms with Crippen LogP contribution in [0.4, 0.5) is 5.69 Å². The largest absolute Gasteiger partial charge is 0.403 e. The van der Waals surface area contributed by atoms with Crippen molar-refractivity contribution in [2.75, 3.05) is 5.32 Å². The highest BCUT2D eigenvalue weighted by Crippen LogP contribution is 2.23. The Bertz CT molecular complexity index is 1150. The summed E-state index contributed by atoms with van der Waals surface area (Å²) in [5.41, 5.74) is 1.43. The summed E-state index contributed by atoms with van der Waals surface area (Å²) in [5.74, 6) is 0.0784. The van der Waals surface area contributed by atoms with Crippen LogP contribution >= 0.6 is 27.3 Å². The maximum Gasteiger partial charge on any atom is 0.347 e. The van der Waals surface area contributed by atoms with Crippen LogP contribution in [0.15, 0.2) is 73.7 Å². The molecule has 0 unspecified atom stereocenters. The molecule has 7 heteroatoms. The van der Waals surface area contributed by atoms with Crippen molar-refractivity contribution in [3.8, 4) is 11.5 Å². The molecule has 0 aliphatic carbocycles. The average Bonchev–Trinajstić information content (AvgIpc) is 3.18. The van der Waals surface area contributed by atoms with Gasteiger partial charge in [-0.2, -0.15) is 0 Å². The number of anilines is 1. The van der Waals surface area contributed by atoms with Crippen molar-refractivity contribution in [3.63, 3.8) is 0 Å². The van der Waals surface area contributed by atoms with Gasteiger partial charge in [-0.15, -0.1) is 11.3 Å². The summed E-state index contributed by atoms with van der Waals surface area (Å²) >= 11 is 4.71. The molecule has 0 bridgehead atoms. The van der Waals surface area contributed by atoms with Crippen molar-refractivity contribution in [3.05, 3.63) is 79.7 Å². The number of hydrogen-bond acceptors (Lipinski definition) is 5. The van der Waals surface area contributed by atoms with E-state index in [9.17, 15) is 9.59 Å². The lowest BCUT2D eigenvalue weighted by atomic mass is 10.2.